The highest BCUT2D eigenvalue weighted by molar-refractivity contribution is 5.59. The van der Waals surface area contributed by atoms with Gasteiger partial charge in [-0.2, -0.15) is 0 Å². The van der Waals surface area contributed by atoms with Gasteiger partial charge in [-0.1, -0.05) is 13.8 Å². The molecule has 0 aromatic carbocycles. The van der Waals surface area contributed by atoms with Crippen LogP contribution < -0.4 is 10.6 Å². The molecule has 27 heavy (non-hydrogen) atoms. The predicted molar refractivity (Wildman–Crippen MR) is 105 cm³/mol. The van der Waals surface area contributed by atoms with E-state index in [1.807, 2.05) is 24.7 Å². The molecule has 3 aromatic rings. The summed E-state index contributed by atoms with van der Waals surface area (Å²) in [5, 5.41) is 6.94. The Morgan fingerprint density at radius 2 is 2.15 bits per heavy atom. The standard InChI is InChI=1S/C20H25N7/c1-14(2)12-27-13-23-9-16(27)10-24-20-17-5-7-22-11-18(17)25-19(26-20)15-4-3-6-21-8-15/h3-4,6,8-9,13-14,22H,5,7,10-12H2,1-2H3,(H,24,25,26). The number of nitrogens with zero attached hydrogens (tertiary/aromatic N) is 5. The molecule has 4 heterocycles. The summed E-state index contributed by atoms with van der Waals surface area (Å²) in [4.78, 5) is 18.1. The third-order valence-electron chi connectivity index (χ3n) is 4.65. The molecule has 1 aliphatic heterocycles. The van der Waals surface area contributed by atoms with Crippen LogP contribution in [0.1, 0.15) is 30.8 Å². The van der Waals surface area contributed by atoms with Crippen LogP contribution in [0, 0.1) is 5.92 Å². The zero-order valence-corrected chi connectivity index (χ0v) is 15.8. The quantitative estimate of drug-likeness (QED) is 0.701. The SMILES string of the molecule is CC(C)Cn1cncc1CNc1nc(-c2cccnc2)nc2c1CCNC2. The molecule has 2 N–H and O–H groups in total. The second-order valence-electron chi connectivity index (χ2n) is 7.27. The van der Waals surface area contributed by atoms with Crippen molar-refractivity contribution in [2.75, 3.05) is 11.9 Å². The number of anilines is 1. The number of hydrogen-bond acceptors (Lipinski definition) is 6. The summed E-state index contributed by atoms with van der Waals surface area (Å²) in [6.45, 7) is 7.80. The van der Waals surface area contributed by atoms with E-state index in [0.29, 0.717) is 18.3 Å². The van der Waals surface area contributed by atoms with Crippen molar-refractivity contribution < 1.29 is 0 Å². The molecule has 0 amide bonds. The normalized spacial score (nSPS) is 13.6. The molecule has 7 nitrogen and oxygen atoms in total. The Morgan fingerprint density at radius 1 is 1.22 bits per heavy atom. The van der Waals surface area contributed by atoms with Crippen molar-refractivity contribution >= 4 is 5.82 Å². The fourth-order valence-corrected chi connectivity index (χ4v) is 3.36. The third-order valence-corrected chi connectivity index (χ3v) is 4.65. The first-order valence-corrected chi connectivity index (χ1v) is 9.44. The largest absolute Gasteiger partial charge is 0.364 e. The van der Waals surface area contributed by atoms with Gasteiger partial charge < -0.3 is 15.2 Å². The van der Waals surface area contributed by atoms with Crippen LogP contribution in [-0.4, -0.2) is 31.0 Å². The first-order valence-electron chi connectivity index (χ1n) is 9.44. The molecule has 140 valence electrons. The lowest BCUT2D eigenvalue weighted by molar-refractivity contribution is 0.511. The number of pyridine rings is 1. The lowest BCUT2D eigenvalue weighted by Gasteiger charge is -2.21. The third kappa shape index (κ3) is 3.98. The maximum atomic E-state index is 4.83. The van der Waals surface area contributed by atoms with Gasteiger partial charge in [0.25, 0.3) is 0 Å². The van der Waals surface area contributed by atoms with E-state index in [2.05, 4.69) is 39.0 Å². The van der Waals surface area contributed by atoms with Crippen LogP contribution >= 0.6 is 0 Å². The lowest BCUT2D eigenvalue weighted by Crippen LogP contribution is -2.26. The predicted octanol–water partition coefficient (Wildman–Crippen LogP) is 2.65. The summed E-state index contributed by atoms with van der Waals surface area (Å²) in [6.07, 6.45) is 8.32. The Kier molecular flexibility index (Phi) is 5.11. The van der Waals surface area contributed by atoms with Crippen molar-refractivity contribution in [3.05, 3.63) is 54.0 Å². The van der Waals surface area contributed by atoms with Crippen LogP contribution in [0.5, 0.6) is 0 Å². The molecule has 7 heteroatoms. The van der Waals surface area contributed by atoms with Crippen molar-refractivity contribution in [3.8, 4) is 11.4 Å². The van der Waals surface area contributed by atoms with E-state index in [9.17, 15) is 0 Å². The molecule has 0 atom stereocenters. The van der Waals surface area contributed by atoms with Gasteiger partial charge >= 0.3 is 0 Å². The maximum Gasteiger partial charge on any atom is 0.163 e. The van der Waals surface area contributed by atoms with Crippen LogP contribution in [-0.2, 0) is 26.1 Å². The molecule has 0 fully saturated rings. The monoisotopic (exact) mass is 363 g/mol. The molecule has 0 spiro atoms. The highest BCUT2D eigenvalue weighted by Crippen LogP contribution is 2.25. The fraction of sp³-hybridized carbons (Fsp3) is 0.400. The van der Waals surface area contributed by atoms with Crippen LogP contribution in [0.15, 0.2) is 37.1 Å². The molecule has 0 bridgehead atoms. The molecule has 0 radical (unpaired) electrons. The van der Waals surface area contributed by atoms with Crippen molar-refractivity contribution in [3.63, 3.8) is 0 Å². The lowest BCUT2D eigenvalue weighted by atomic mass is 10.1. The zero-order chi connectivity index (χ0) is 18.6. The molecule has 3 aromatic heterocycles. The molecule has 4 rings (SSSR count). The van der Waals surface area contributed by atoms with Crippen molar-refractivity contribution in [2.45, 2.75) is 39.9 Å². The summed E-state index contributed by atoms with van der Waals surface area (Å²) in [5.41, 5.74) is 4.36. The first-order chi connectivity index (χ1) is 13.2. The van der Waals surface area contributed by atoms with Crippen molar-refractivity contribution in [1.82, 2.24) is 29.8 Å². The summed E-state index contributed by atoms with van der Waals surface area (Å²) >= 11 is 0. The van der Waals surface area contributed by atoms with Gasteiger partial charge in [0.2, 0.25) is 0 Å². The number of hydrogen-bond donors (Lipinski definition) is 2. The van der Waals surface area contributed by atoms with Crippen LogP contribution in [0.2, 0.25) is 0 Å². The average molecular weight is 363 g/mol. The fourth-order valence-electron chi connectivity index (χ4n) is 3.36. The van der Waals surface area contributed by atoms with Gasteiger partial charge in [0.1, 0.15) is 5.82 Å². The van der Waals surface area contributed by atoms with Crippen LogP contribution in [0.4, 0.5) is 5.82 Å². The maximum absolute atomic E-state index is 4.83. The summed E-state index contributed by atoms with van der Waals surface area (Å²) in [6, 6.07) is 3.90. The Balaban J connectivity index is 1.63. The van der Waals surface area contributed by atoms with Crippen LogP contribution in [0.25, 0.3) is 11.4 Å². The zero-order valence-electron chi connectivity index (χ0n) is 15.8. The van der Waals surface area contributed by atoms with E-state index in [1.54, 1.807) is 12.4 Å². The Hall–Kier alpha value is -2.80. The summed E-state index contributed by atoms with van der Waals surface area (Å²) < 4.78 is 2.20. The number of imidazole rings is 1. The van der Waals surface area contributed by atoms with Gasteiger partial charge in [0.15, 0.2) is 5.82 Å². The highest BCUT2D eigenvalue weighted by Gasteiger charge is 2.18. The average Bonchev–Trinajstić information content (AvgIpc) is 3.13. The number of nitrogens with one attached hydrogen (secondary N) is 2. The van der Waals surface area contributed by atoms with E-state index in [4.69, 9.17) is 9.97 Å². The minimum Gasteiger partial charge on any atom is -0.364 e. The minimum absolute atomic E-state index is 0.577. The second-order valence-corrected chi connectivity index (χ2v) is 7.27. The molecular formula is C20H25N7. The molecule has 0 saturated carbocycles. The smallest absolute Gasteiger partial charge is 0.163 e. The highest BCUT2D eigenvalue weighted by atomic mass is 15.1. The van der Waals surface area contributed by atoms with E-state index in [0.717, 1.165) is 48.8 Å². The summed E-state index contributed by atoms with van der Waals surface area (Å²) in [5.74, 6) is 2.20. The molecule has 0 saturated heterocycles. The number of rotatable bonds is 6. The van der Waals surface area contributed by atoms with E-state index in [1.165, 1.54) is 5.56 Å². The molecule has 1 aliphatic rings. The van der Waals surface area contributed by atoms with E-state index in [-0.39, 0.29) is 0 Å². The van der Waals surface area contributed by atoms with Crippen molar-refractivity contribution in [1.29, 1.82) is 0 Å². The molecular weight excluding hydrogens is 338 g/mol. The van der Waals surface area contributed by atoms with E-state index >= 15 is 0 Å². The number of aromatic nitrogens is 5. The first kappa shape index (κ1) is 17.6. The van der Waals surface area contributed by atoms with Gasteiger partial charge in [0.05, 0.1) is 24.3 Å². The van der Waals surface area contributed by atoms with Gasteiger partial charge in [-0.05, 0) is 31.0 Å². The van der Waals surface area contributed by atoms with Gasteiger partial charge in [0, 0.05) is 42.8 Å². The van der Waals surface area contributed by atoms with Crippen LogP contribution in [0.3, 0.4) is 0 Å². The van der Waals surface area contributed by atoms with Gasteiger partial charge in [-0.15, -0.1) is 0 Å². The molecule has 0 unspecified atom stereocenters. The van der Waals surface area contributed by atoms with Gasteiger partial charge in [-0.3, -0.25) is 4.98 Å². The Labute approximate surface area is 159 Å². The van der Waals surface area contributed by atoms with Crippen molar-refractivity contribution in [2.24, 2.45) is 5.92 Å². The Bertz CT molecular complexity index is 902. The van der Waals surface area contributed by atoms with Gasteiger partial charge in [-0.25, -0.2) is 15.0 Å². The second kappa shape index (κ2) is 7.84. The minimum atomic E-state index is 0.577. The Morgan fingerprint density at radius 3 is 2.96 bits per heavy atom. The number of fused-ring (bicyclic) bond motifs is 1. The molecule has 0 aliphatic carbocycles. The topological polar surface area (TPSA) is 80.6 Å². The van der Waals surface area contributed by atoms with E-state index < -0.39 is 0 Å². The summed E-state index contributed by atoms with van der Waals surface area (Å²) in [7, 11) is 0.